The van der Waals surface area contributed by atoms with Crippen molar-refractivity contribution in [2.24, 2.45) is 5.92 Å². The third-order valence-corrected chi connectivity index (χ3v) is 4.57. The molecule has 108 valence electrons. The van der Waals surface area contributed by atoms with Crippen LogP contribution in [0.5, 0.6) is 0 Å². The summed E-state index contributed by atoms with van der Waals surface area (Å²) in [6.45, 7) is 0.550. The van der Waals surface area contributed by atoms with Crippen LogP contribution in [0.2, 0.25) is 0 Å². The van der Waals surface area contributed by atoms with E-state index in [2.05, 4.69) is 29.6 Å². The van der Waals surface area contributed by atoms with Gasteiger partial charge in [-0.15, -0.1) is 0 Å². The number of hydrogen-bond acceptors (Lipinski definition) is 3. The molecule has 2 atom stereocenters. The van der Waals surface area contributed by atoms with Gasteiger partial charge in [0, 0.05) is 12.6 Å². The van der Waals surface area contributed by atoms with Crippen LogP contribution < -0.4 is 5.32 Å². The Labute approximate surface area is 118 Å². The molecular weight excluding hydrogens is 254 g/mol. The minimum atomic E-state index is -0.714. The van der Waals surface area contributed by atoms with Crippen molar-refractivity contribution < 1.29 is 15.0 Å². The van der Waals surface area contributed by atoms with Crippen molar-refractivity contribution in [3.05, 3.63) is 35.4 Å². The Bertz CT molecular complexity index is 493. The molecule has 1 saturated heterocycles. The van der Waals surface area contributed by atoms with Crippen molar-refractivity contribution in [1.82, 2.24) is 5.32 Å². The van der Waals surface area contributed by atoms with Gasteiger partial charge in [-0.25, -0.2) is 0 Å². The van der Waals surface area contributed by atoms with Crippen LogP contribution >= 0.6 is 0 Å². The molecule has 20 heavy (non-hydrogen) atoms. The zero-order valence-corrected chi connectivity index (χ0v) is 11.5. The van der Waals surface area contributed by atoms with Gasteiger partial charge in [0.25, 0.3) is 0 Å². The second-order valence-electron chi connectivity index (χ2n) is 6.20. The van der Waals surface area contributed by atoms with E-state index in [0.717, 1.165) is 31.2 Å². The zero-order valence-electron chi connectivity index (χ0n) is 11.5. The van der Waals surface area contributed by atoms with Crippen LogP contribution in [0, 0.1) is 5.92 Å². The van der Waals surface area contributed by atoms with Gasteiger partial charge in [0.05, 0.1) is 11.5 Å². The van der Waals surface area contributed by atoms with E-state index in [0.29, 0.717) is 13.0 Å². The smallest absolute Gasteiger partial charge is 0.307 e. The number of nitrogens with one attached hydrogen (secondary N) is 1. The lowest BCUT2D eigenvalue weighted by molar-refractivity contribution is -0.141. The van der Waals surface area contributed by atoms with E-state index in [9.17, 15) is 9.90 Å². The summed E-state index contributed by atoms with van der Waals surface area (Å²) in [6, 6.07) is 8.49. The Morgan fingerprint density at radius 3 is 2.55 bits per heavy atom. The first-order valence-corrected chi connectivity index (χ1v) is 7.33. The van der Waals surface area contributed by atoms with Crippen molar-refractivity contribution >= 4 is 5.97 Å². The van der Waals surface area contributed by atoms with Gasteiger partial charge in [-0.05, 0) is 43.2 Å². The quantitative estimate of drug-likeness (QED) is 0.767. The molecule has 3 rings (SSSR count). The first-order valence-electron chi connectivity index (χ1n) is 7.33. The molecule has 1 aromatic rings. The molecule has 4 heteroatoms. The normalized spacial score (nSPS) is 27.4. The summed E-state index contributed by atoms with van der Waals surface area (Å²) < 4.78 is 0. The Kier molecular flexibility index (Phi) is 3.52. The van der Waals surface area contributed by atoms with E-state index in [4.69, 9.17) is 5.11 Å². The average Bonchev–Trinajstić information content (AvgIpc) is 2.99. The van der Waals surface area contributed by atoms with Crippen LogP contribution in [0.4, 0.5) is 0 Å². The molecule has 2 aliphatic rings. The van der Waals surface area contributed by atoms with Gasteiger partial charge in [-0.1, -0.05) is 24.3 Å². The van der Waals surface area contributed by atoms with Gasteiger partial charge >= 0.3 is 5.97 Å². The van der Waals surface area contributed by atoms with Crippen LogP contribution in [0.3, 0.4) is 0 Å². The molecule has 1 aromatic carbocycles. The number of aryl methyl sites for hydroxylation is 1. The maximum Gasteiger partial charge on any atom is 0.307 e. The van der Waals surface area contributed by atoms with Crippen LogP contribution in [-0.2, 0) is 11.2 Å². The standard InChI is InChI=1S/C16H21NO3/c18-15(19)13-9-14(17-10-13)12-3-1-11(2-4-12)5-6-16(20)7-8-16/h1-4,13-14,17,20H,5-10H2,(H,18,19). The molecule has 1 aliphatic heterocycles. The number of benzene rings is 1. The van der Waals surface area contributed by atoms with Gasteiger partial charge in [0.2, 0.25) is 0 Å². The van der Waals surface area contributed by atoms with Gasteiger partial charge in [-0.2, -0.15) is 0 Å². The summed E-state index contributed by atoms with van der Waals surface area (Å²) in [6.07, 6.45) is 4.29. The molecule has 1 heterocycles. The Hall–Kier alpha value is -1.39. The summed E-state index contributed by atoms with van der Waals surface area (Å²) in [5, 5.41) is 22.1. The van der Waals surface area contributed by atoms with E-state index in [1.54, 1.807) is 0 Å². The van der Waals surface area contributed by atoms with Crippen molar-refractivity contribution in [3.8, 4) is 0 Å². The van der Waals surface area contributed by atoms with Gasteiger partial charge in [0.15, 0.2) is 0 Å². The maximum atomic E-state index is 11.0. The molecular formula is C16H21NO3. The monoisotopic (exact) mass is 275 g/mol. The Balaban J connectivity index is 1.57. The fourth-order valence-corrected chi connectivity index (χ4v) is 2.87. The largest absolute Gasteiger partial charge is 0.481 e. The predicted molar refractivity (Wildman–Crippen MR) is 75.4 cm³/mol. The first-order chi connectivity index (χ1) is 9.56. The van der Waals surface area contributed by atoms with Gasteiger partial charge in [-0.3, -0.25) is 4.79 Å². The second-order valence-corrected chi connectivity index (χ2v) is 6.20. The van der Waals surface area contributed by atoms with Crippen molar-refractivity contribution in [2.45, 2.75) is 43.7 Å². The highest BCUT2D eigenvalue weighted by atomic mass is 16.4. The highest BCUT2D eigenvalue weighted by Crippen LogP contribution is 2.39. The number of aliphatic carboxylic acids is 1. The minimum absolute atomic E-state index is 0.151. The molecule has 2 unspecified atom stereocenters. The van der Waals surface area contributed by atoms with Crippen molar-refractivity contribution in [3.63, 3.8) is 0 Å². The molecule has 0 aromatic heterocycles. The lowest BCUT2D eigenvalue weighted by Gasteiger charge is -2.12. The molecule has 0 amide bonds. The predicted octanol–water partition coefficient (Wildman–Crippen LogP) is 1.88. The number of rotatable bonds is 5. The van der Waals surface area contributed by atoms with E-state index < -0.39 is 5.97 Å². The van der Waals surface area contributed by atoms with E-state index in [1.165, 1.54) is 5.56 Å². The molecule has 2 fully saturated rings. The topological polar surface area (TPSA) is 69.6 Å². The Morgan fingerprint density at radius 1 is 1.30 bits per heavy atom. The van der Waals surface area contributed by atoms with Crippen molar-refractivity contribution in [1.29, 1.82) is 0 Å². The summed E-state index contributed by atoms with van der Waals surface area (Å²) in [5.41, 5.74) is 2.00. The lowest BCUT2D eigenvalue weighted by Crippen LogP contribution is -2.17. The number of carboxylic acid groups (broad SMARTS) is 1. The minimum Gasteiger partial charge on any atom is -0.481 e. The molecule has 1 saturated carbocycles. The zero-order chi connectivity index (χ0) is 14.2. The Morgan fingerprint density at radius 2 is 2.00 bits per heavy atom. The first kappa shape index (κ1) is 13.6. The van der Waals surface area contributed by atoms with Crippen molar-refractivity contribution in [2.75, 3.05) is 6.54 Å². The van der Waals surface area contributed by atoms with E-state index >= 15 is 0 Å². The van der Waals surface area contributed by atoms with Gasteiger partial charge < -0.3 is 15.5 Å². The number of hydrogen-bond donors (Lipinski definition) is 3. The summed E-state index contributed by atoms with van der Waals surface area (Å²) in [7, 11) is 0. The molecule has 0 bridgehead atoms. The van der Waals surface area contributed by atoms with Crippen LogP contribution in [0.25, 0.3) is 0 Å². The maximum absolute atomic E-state index is 11.0. The van der Waals surface area contributed by atoms with Crippen LogP contribution in [0.1, 0.15) is 42.9 Å². The molecule has 0 radical (unpaired) electrons. The fourth-order valence-electron chi connectivity index (χ4n) is 2.87. The molecule has 4 nitrogen and oxygen atoms in total. The highest BCUT2D eigenvalue weighted by molar-refractivity contribution is 5.70. The fraction of sp³-hybridized carbons (Fsp3) is 0.562. The molecule has 0 spiro atoms. The average molecular weight is 275 g/mol. The molecule has 1 aliphatic carbocycles. The van der Waals surface area contributed by atoms with E-state index in [1.807, 2.05) is 0 Å². The highest BCUT2D eigenvalue weighted by Gasteiger charge is 2.39. The summed E-state index contributed by atoms with van der Waals surface area (Å²) in [4.78, 5) is 11.0. The number of aliphatic hydroxyl groups is 1. The summed E-state index contributed by atoms with van der Waals surface area (Å²) in [5.74, 6) is -0.988. The third-order valence-electron chi connectivity index (χ3n) is 4.57. The van der Waals surface area contributed by atoms with Gasteiger partial charge in [0.1, 0.15) is 0 Å². The number of carboxylic acids is 1. The third kappa shape index (κ3) is 3.02. The van der Waals surface area contributed by atoms with Crippen LogP contribution in [0.15, 0.2) is 24.3 Å². The SMILES string of the molecule is O=C(O)C1CNC(c2ccc(CCC3(O)CC3)cc2)C1. The second kappa shape index (κ2) is 5.19. The van der Waals surface area contributed by atoms with Crippen LogP contribution in [-0.4, -0.2) is 28.3 Å². The lowest BCUT2D eigenvalue weighted by atomic mass is 9.98. The molecule has 3 N–H and O–H groups in total. The van der Waals surface area contributed by atoms with E-state index in [-0.39, 0.29) is 17.6 Å². The summed E-state index contributed by atoms with van der Waals surface area (Å²) >= 11 is 0. The number of carbonyl (C=O) groups is 1.